The molecule has 0 fully saturated rings. The number of hydroxylamine groups is 2. The summed E-state index contributed by atoms with van der Waals surface area (Å²) in [6, 6.07) is 0. The van der Waals surface area contributed by atoms with Gasteiger partial charge in [-0.05, 0) is 20.8 Å². The fourth-order valence-corrected chi connectivity index (χ4v) is 1.03. The normalized spacial score (nSPS) is 16.1. The molecule has 0 rings (SSSR count). The Labute approximate surface area is 86.5 Å². The van der Waals surface area contributed by atoms with Crippen LogP contribution in [0.5, 0.6) is 0 Å². The van der Waals surface area contributed by atoms with Gasteiger partial charge in [0.2, 0.25) is 0 Å². The van der Waals surface area contributed by atoms with Crippen LogP contribution in [-0.4, -0.2) is 30.4 Å². The highest BCUT2D eigenvalue weighted by Crippen LogP contribution is 2.06. The van der Waals surface area contributed by atoms with Crippen LogP contribution in [0.4, 0.5) is 0 Å². The summed E-state index contributed by atoms with van der Waals surface area (Å²) in [5.41, 5.74) is 2.47. The summed E-state index contributed by atoms with van der Waals surface area (Å²) in [6.45, 7) is 9.75. The van der Waals surface area contributed by atoms with E-state index >= 15 is 0 Å². The maximum atomic E-state index is 11.5. The van der Waals surface area contributed by atoms with Crippen LogP contribution in [-0.2, 0) is 4.84 Å². The predicted octanol–water partition coefficient (Wildman–Crippen LogP) is -0.0985. The fraction of sp³-hybridized carbons (Fsp3) is 1.00. The third-order valence-electron chi connectivity index (χ3n) is 2.03. The van der Waals surface area contributed by atoms with Gasteiger partial charge in [0, 0.05) is 26.4 Å². The summed E-state index contributed by atoms with van der Waals surface area (Å²) in [5, 5.41) is 13.0. The topological polar surface area (TPSA) is 52.0 Å². The van der Waals surface area contributed by atoms with E-state index in [0.29, 0.717) is 0 Å². The molecule has 0 aliphatic heterocycles. The summed E-state index contributed by atoms with van der Waals surface area (Å²) in [5.74, 6) is 0. The molecule has 5 heteroatoms. The Balaban J connectivity index is 4.43. The molecule has 0 heterocycles. The summed E-state index contributed by atoms with van der Waals surface area (Å²) in [7, 11) is 3.23. The molecule has 0 aromatic heterocycles. The zero-order valence-electron chi connectivity index (χ0n) is 10.3. The first kappa shape index (κ1) is 13.8. The number of nitrogens with one attached hydrogen (secondary N) is 2. The number of quaternary nitrogens is 1. The Morgan fingerprint density at radius 1 is 1.21 bits per heavy atom. The van der Waals surface area contributed by atoms with Gasteiger partial charge >= 0.3 is 0 Å². The van der Waals surface area contributed by atoms with E-state index in [1.807, 2.05) is 41.7 Å². The lowest BCUT2D eigenvalue weighted by atomic mass is 10.1. The smallest absolute Gasteiger partial charge is 0.189 e. The van der Waals surface area contributed by atoms with Crippen LogP contribution in [0.1, 0.15) is 34.6 Å². The average Bonchev–Trinajstić information content (AvgIpc) is 1.99. The van der Waals surface area contributed by atoms with Gasteiger partial charge in [-0.25, -0.2) is 15.5 Å². The molecule has 1 atom stereocenters. The first-order chi connectivity index (χ1) is 6.11. The van der Waals surface area contributed by atoms with Gasteiger partial charge in [0.25, 0.3) is 0 Å². The molecule has 0 saturated carbocycles. The molecule has 0 spiro atoms. The molecule has 0 amide bonds. The third kappa shape index (κ3) is 3.89. The van der Waals surface area contributed by atoms with Crippen molar-refractivity contribution in [1.29, 1.82) is 0 Å². The number of hydrazine groups is 1. The van der Waals surface area contributed by atoms with Crippen molar-refractivity contribution in [1.82, 2.24) is 10.4 Å². The number of hydrogen-bond donors (Lipinski definition) is 2. The van der Waals surface area contributed by atoms with E-state index in [0.717, 1.165) is 0 Å². The molecule has 0 radical (unpaired) electrons. The average molecular weight is 205 g/mol. The van der Waals surface area contributed by atoms with Crippen molar-refractivity contribution < 1.29 is 10.1 Å². The van der Waals surface area contributed by atoms with Crippen molar-refractivity contribution >= 4 is 0 Å². The predicted molar refractivity (Wildman–Crippen MR) is 56.1 cm³/mol. The fourth-order valence-electron chi connectivity index (χ4n) is 1.03. The van der Waals surface area contributed by atoms with Crippen LogP contribution < -0.4 is 10.7 Å². The molecule has 2 N–H and O–H groups in total. The first-order valence-electron chi connectivity index (χ1n) is 4.71. The first-order valence-corrected chi connectivity index (χ1v) is 4.71. The van der Waals surface area contributed by atoms with Gasteiger partial charge in [0.15, 0.2) is 5.66 Å². The molecule has 1 unspecified atom stereocenters. The maximum absolute atomic E-state index is 11.5. The second-order valence-electron chi connectivity index (χ2n) is 4.97. The highest BCUT2D eigenvalue weighted by Gasteiger charge is 2.33. The summed E-state index contributed by atoms with van der Waals surface area (Å²) >= 11 is 0. The van der Waals surface area contributed by atoms with Crippen molar-refractivity contribution in [3.05, 3.63) is 5.21 Å². The molecule has 0 aromatic carbocycles. The van der Waals surface area contributed by atoms with Gasteiger partial charge in [0.1, 0.15) is 0 Å². The van der Waals surface area contributed by atoms with Gasteiger partial charge in [-0.2, -0.15) is 5.01 Å². The second kappa shape index (κ2) is 4.55. The zero-order chi connectivity index (χ0) is 11.6. The van der Waals surface area contributed by atoms with Gasteiger partial charge in [-0.1, -0.05) is 0 Å². The van der Waals surface area contributed by atoms with E-state index in [1.54, 1.807) is 5.01 Å². The quantitative estimate of drug-likeness (QED) is 0.497. The van der Waals surface area contributed by atoms with Crippen LogP contribution in [0.2, 0.25) is 0 Å². The van der Waals surface area contributed by atoms with Gasteiger partial charge < -0.3 is 5.21 Å². The van der Waals surface area contributed by atoms with Gasteiger partial charge in [-0.3, -0.25) is 0 Å². The maximum Gasteiger partial charge on any atom is 0.189 e. The Bertz CT molecular complexity index is 177. The van der Waals surface area contributed by atoms with Crippen molar-refractivity contribution in [2.45, 2.75) is 45.8 Å². The van der Waals surface area contributed by atoms with E-state index < -0.39 is 5.66 Å². The minimum atomic E-state index is -0.665. The number of rotatable bonds is 4. The monoisotopic (exact) mass is 205 g/mol. The molecule has 5 nitrogen and oxygen atoms in total. The van der Waals surface area contributed by atoms with E-state index in [9.17, 15) is 5.21 Å². The van der Waals surface area contributed by atoms with Crippen molar-refractivity contribution in [2.24, 2.45) is 0 Å². The van der Waals surface area contributed by atoms with Gasteiger partial charge in [0.05, 0.1) is 7.11 Å². The molecule has 0 saturated heterocycles. The molecule has 14 heavy (non-hydrogen) atoms. The second-order valence-corrected chi connectivity index (χ2v) is 4.97. The largest absolute Gasteiger partial charge is 0.598 e. The van der Waals surface area contributed by atoms with Gasteiger partial charge in [-0.15, -0.1) is 0 Å². The molecular weight excluding hydrogens is 182 g/mol. The van der Waals surface area contributed by atoms with Crippen molar-refractivity contribution in [2.75, 3.05) is 14.2 Å². The summed E-state index contributed by atoms with van der Waals surface area (Å²) in [4.78, 5) is 4.73. The van der Waals surface area contributed by atoms with Crippen LogP contribution in [0.3, 0.4) is 0 Å². The summed E-state index contributed by atoms with van der Waals surface area (Å²) in [6.07, 6.45) is 0. The molecule has 0 aliphatic rings. The van der Waals surface area contributed by atoms with Crippen LogP contribution in [0.15, 0.2) is 0 Å². The standard InChI is InChI=1S/C9H23N3O2/c1-8(2,3)10-11(6)9(4,5)12(13)14-7/h10,12H,1-7H3. The van der Waals surface area contributed by atoms with E-state index in [-0.39, 0.29) is 10.8 Å². The minimum Gasteiger partial charge on any atom is -0.598 e. The number of nitrogens with zero attached hydrogens (tertiary/aromatic N) is 1. The molecule has 0 aliphatic carbocycles. The molecule has 0 aromatic rings. The summed E-state index contributed by atoms with van der Waals surface area (Å²) < 4.78 is 0. The lowest BCUT2D eigenvalue weighted by Gasteiger charge is -2.43. The molecule has 86 valence electrons. The highest BCUT2D eigenvalue weighted by molar-refractivity contribution is 4.71. The van der Waals surface area contributed by atoms with E-state index in [4.69, 9.17) is 4.84 Å². The Kier molecular flexibility index (Phi) is 4.48. The van der Waals surface area contributed by atoms with Crippen molar-refractivity contribution in [3.8, 4) is 0 Å². The highest BCUT2D eigenvalue weighted by atomic mass is 16.9. The molecular formula is C9H23N3O2. The Morgan fingerprint density at radius 2 is 1.64 bits per heavy atom. The lowest BCUT2D eigenvalue weighted by Crippen LogP contribution is -3.16. The number of hydrogen-bond acceptors (Lipinski definition) is 4. The van der Waals surface area contributed by atoms with Crippen LogP contribution in [0, 0.1) is 5.21 Å². The van der Waals surface area contributed by atoms with Crippen molar-refractivity contribution in [3.63, 3.8) is 0 Å². The SMILES string of the molecule is CO[NH+]([O-])C(C)(C)N(C)NC(C)(C)C. The third-order valence-corrected chi connectivity index (χ3v) is 2.03. The van der Waals surface area contributed by atoms with Crippen LogP contribution >= 0.6 is 0 Å². The van der Waals surface area contributed by atoms with E-state index in [1.165, 1.54) is 7.11 Å². The van der Waals surface area contributed by atoms with Crippen LogP contribution in [0.25, 0.3) is 0 Å². The zero-order valence-corrected chi connectivity index (χ0v) is 10.3. The minimum absolute atomic E-state index is 0.0694. The lowest BCUT2D eigenvalue weighted by molar-refractivity contribution is -1.10. The van der Waals surface area contributed by atoms with E-state index in [2.05, 4.69) is 5.43 Å². The Morgan fingerprint density at radius 3 is 1.93 bits per heavy atom. The Hall–Kier alpha value is -0.200. The molecule has 0 bridgehead atoms.